The molecule has 0 radical (unpaired) electrons. The van der Waals surface area contributed by atoms with Crippen LogP contribution in [0.4, 0.5) is 17.1 Å². The van der Waals surface area contributed by atoms with Crippen molar-refractivity contribution in [3.8, 4) is 0 Å². The van der Waals surface area contributed by atoms with Crippen LogP contribution in [0.25, 0.3) is 10.8 Å². The fraction of sp³-hybridized carbons (Fsp3) is 0. The Labute approximate surface area is 128 Å². The lowest BCUT2D eigenvalue weighted by Crippen LogP contribution is -1.97. The minimum atomic E-state index is -0.403. The summed E-state index contributed by atoms with van der Waals surface area (Å²) in [6.45, 7) is 0. The third-order valence-electron chi connectivity index (χ3n) is 3.11. The van der Waals surface area contributed by atoms with Crippen molar-refractivity contribution in [3.05, 3.63) is 69.4 Å². The largest absolute Gasteiger partial charge is 0.349 e. The number of hydrogen-bond donors (Lipinski definition) is 1. The quantitative estimate of drug-likeness (QED) is 0.555. The van der Waals surface area contributed by atoms with E-state index in [-0.39, 0.29) is 5.69 Å². The van der Waals surface area contributed by atoms with Gasteiger partial charge in [-0.05, 0) is 24.3 Å². The van der Waals surface area contributed by atoms with E-state index in [2.05, 4.69) is 26.2 Å². The molecule has 6 heteroatoms. The van der Waals surface area contributed by atoms with Crippen LogP contribution in [0.1, 0.15) is 0 Å². The van der Waals surface area contributed by atoms with Gasteiger partial charge in [0.1, 0.15) is 5.69 Å². The van der Waals surface area contributed by atoms with Gasteiger partial charge < -0.3 is 5.32 Å². The molecule has 1 heterocycles. The highest BCUT2D eigenvalue weighted by Crippen LogP contribution is 2.32. The summed E-state index contributed by atoms with van der Waals surface area (Å²) in [4.78, 5) is 14.8. The summed E-state index contributed by atoms with van der Waals surface area (Å²) in [6, 6.07) is 12.5. The zero-order chi connectivity index (χ0) is 14.8. The molecule has 3 aromatic rings. The third kappa shape index (κ3) is 2.71. The molecular weight excluding hydrogens is 334 g/mol. The summed E-state index contributed by atoms with van der Waals surface area (Å²) >= 11 is 3.25. The van der Waals surface area contributed by atoms with Crippen molar-refractivity contribution in [2.24, 2.45) is 0 Å². The van der Waals surface area contributed by atoms with E-state index in [1.54, 1.807) is 24.5 Å². The monoisotopic (exact) mass is 343 g/mol. The minimum absolute atomic E-state index is 0.0236. The smallest absolute Gasteiger partial charge is 0.293 e. The van der Waals surface area contributed by atoms with Gasteiger partial charge in [0.05, 0.1) is 4.92 Å². The molecule has 0 atom stereocenters. The van der Waals surface area contributed by atoms with Crippen LogP contribution in [0, 0.1) is 10.1 Å². The summed E-state index contributed by atoms with van der Waals surface area (Å²) in [6.07, 6.45) is 3.46. The summed E-state index contributed by atoms with van der Waals surface area (Å²) in [7, 11) is 0. The molecule has 5 nitrogen and oxygen atoms in total. The number of rotatable bonds is 3. The average molecular weight is 344 g/mol. The van der Waals surface area contributed by atoms with E-state index in [1.165, 1.54) is 6.07 Å². The maximum Gasteiger partial charge on any atom is 0.293 e. The number of aromatic nitrogens is 1. The zero-order valence-electron chi connectivity index (χ0n) is 10.8. The van der Waals surface area contributed by atoms with Crippen LogP contribution in [-0.2, 0) is 0 Å². The van der Waals surface area contributed by atoms with E-state index in [0.717, 1.165) is 16.5 Å². The molecule has 0 amide bonds. The number of halogens is 1. The molecule has 0 aliphatic heterocycles. The number of anilines is 2. The number of benzene rings is 2. The third-order valence-corrected chi connectivity index (χ3v) is 3.60. The minimum Gasteiger partial charge on any atom is -0.349 e. The van der Waals surface area contributed by atoms with E-state index >= 15 is 0 Å². The molecule has 1 aromatic heterocycles. The van der Waals surface area contributed by atoms with Crippen LogP contribution in [0.15, 0.2) is 59.3 Å². The first-order valence-electron chi connectivity index (χ1n) is 6.19. The van der Waals surface area contributed by atoms with Crippen molar-refractivity contribution in [2.75, 3.05) is 5.32 Å². The maximum absolute atomic E-state index is 11.2. The van der Waals surface area contributed by atoms with E-state index < -0.39 is 4.92 Å². The molecule has 0 unspecified atom stereocenters. The van der Waals surface area contributed by atoms with E-state index in [9.17, 15) is 10.1 Å². The fourth-order valence-corrected chi connectivity index (χ4v) is 2.49. The molecule has 21 heavy (non-hydrogen) atoms. The van der Waals surface area contributed by atoms with E-state index in [4.69, 9.17) is 0 Å². The standard InChI is InChI=1S/C15H10BrN3O2/c16-11-4-5-14(15(8-11)19(20)21)18-13-3-1-2-10-9-17-7-6-12(10)13/h1-9,18H. The average Bonchev–Trinajstić information content (AvgIpc) is 2.49. The summed E-state index contributed by atoms with van der Waals surface area (Å²) in [5, 5.41) is 16.2. The predicted octanol–water partition coefficient (Wildman–Crippen LogP) is 4.65. The Hall–Kier alpha value is -2.47. The zero-order valence-corrected chi connectivity index (χ0v) is 12.4. The van der Waals surface area contributed by atoms with Gasteiger partial charge in [-0.15, -0.1) is 0 Å². The first-order chi connectivity index (χ1) is 10.1. The van der Waals surface area contributed by atoms with Gasteiger partial charge in [-0.25, -0.2) is 0 Å². The van der Waals surface area contributed by atoms with Crippen LogP contribution in [0.2, 0.25) is 0 Å². The number of pyridine rings is 1. The Bertz CT molecular complexity index is 831. The highest BCUT2D eigenvalue weighted by atomic mass is 79.9. The number of fused-ring (bicyclic) bond motifs is 1. The van der Waals surface area contributed by atoms with E-state index in [1.807, 2.05) is 24.3 Å². The van der Waals surface area contributed by atoms with Crippen LogP contribution < -0.4 is 5.32 Å². The Balaban J connectivity index is 2.09. The van der Waals surface area contributed by atoms with Crippen molar-refractivity contribution < 1.29 is 4.92 Å². The number of nitrogens with zero attached hydrogens (tertiary/aromatic N) is 2. The Kier molecular flexibility index (Phi) is 3.53. The molecule has 1 N–H and O–H groups in total. The van der Waals surface area contributed by atoms with Crippen molar-refractivity contribution in [1.82, 2.24) is 4.98 Å². The van der Waals surface area contributed by atoms with Crippen molar-refractivity contribution >= 4 is 43.8 Å². The highest BCUT2D eigenvalue weighted by molar-refractivity contribution is 9.10. The Morgan fingerprint density at radius 2 is 2.00 bits per heavy atom. The van der Waals surface area contributed by atoms with Gasteiger partial charge in [0.2, 0.25) is 0 Å². The van der Waals surface area contributed by atoms with Gasteiger partial charge in [-0.3, -0.25) is 15.1 Å². The maximum atomic E-state index is 11.2. The van der Waals surface area contributed by atoms with Gasteiger partial charge in [0.25, 0.3) is 5.69 Å². The molecule has 2 aromatic carbocycles. The fourth-order valence-electron chi connectivity index (χ4n) is 2.14. The lowest BCUT2D eigenvalue weighted by atomic mass is 10.1. The molecule has 0 aliphatic rings. The number of hydrogen-bond acceptors (Lipinski definition) is 4. The van der Waals surface area contributed by atoms with Crippen LogP contribution in [0.5, 0.6) is 0 Å². The van der Waals surface area contributed by atoms with E-state index in [0.29, 0.717) is 10.2 Å². The van der Waals surface area contributed by atoms with Crippen LogP contribution in [-0.4, -0.2) is 9.91 Å². The topological polar surface area (TPSA) is 68.1 Å². The number of nitro groups is 1. The van der Waals surface area contributed by atoms with Gasteiger partial charge in [0, 0.05) is 39.4 Å². The second kappa shape index (κ2) is 5.49. The normalized spacial score (nSPS) is 10.5. The van der Waals surface area contributed by atoms with Gasteiger partial charge >= 0.3 is 0 Å². The van der Waals surface area contributed by atoms with Gasteiger partial charge in [-0.2, -0.15) is 0 Å². The molecule has 0 spiro atoms. The predicted molar refractivity (Wildman–Crippen MR) is 85.8 cm³/mol. The Morgan fingerprint density at radius 1 is 1.14 bits per heavy atom. The first-order valence-corrected chi connectivity index (χ1v) is 6.98. The molecular formula is C15H10BrN3O2. The summed E-state index contributed by atoms with van der Waals surface area (Å²) in [5.41, 5.74) is 1.28. The SMILES string of the molecule is O=[N+]([O-])c1cc(Br)ccc1Nc1cccc2cnccc12. The van der Waals surface area contributed by atoms with Crippen molar-refractivity contribution in [3.63, 3.8) is 0 Å². The van der Waals surface area contributed by atoms with Crippen LogP contribution >= 0.6 is 15.9 Å². The second-order valence-corrected chi connectivity index (χ2v) is 5.36. The van der Waals surface area contributed by atoms with Gasteiger partial charge in [-0.1, -0.05) is 28.1 Å². The number of nitro benzene ring substituents is 1. The summed E-state index contributed by atoms with van der Waals surface area (Å²) < 4.78 is 0.668. The molecule has 0 aliphatic carbocycles. The molecule has 104 valence electrons. The van der Waals surface area contributed by atoms with Crippen LogP contribution in [0.3, 0.4) is 0 Å². The molecule has 3 rings (SSSR count). The highest BCUT2D eigenvalue weighted by Gasteiger charge is 2.15. The molecule has 0 bridgehead atoms. The molecule has 0 saturated heterocycles. The molecule has 0 fully saturated rings. The van der Waals surface area contributed by atoms with Crippen molar-refractivity contribution in [2.45, 2.75) is 0 Å². The van der Waals surface area contributed by atoms with Crippen molar-refractivity contribution in [1.29, 1.82) is 0 Å². The second-order valence-electron chi connectivity index (χ2n) is 4.45. The molecule has 0 saturated carbocycles. The lowest BCUT2D eigenvalue weighted by molar-refractivity contribution is -0.384. The first kappa shape index (κ1) is 13.5. The number of nitrogens with one attached hydrogen (secondary N) is 1. The van der Waals surface area contributed by atoms with Gasteiger partial charge in [0.15, 0.2) is 0 Å². The lowest BCUT2D eigenvalue weighted by Gasteiger charge is -2.10. The summed E-state index contributed by atoms with van der Waals surface area (Å²) in [5.74, 6) is 0. The Morgan fingerprint density at radius 3 is 2.81 bits per heavy atom.